The Labute approximate surface area is 154 Å². The SMILES string of the molecule is O=C(NCc1cccs1)c1cccn1Cc1noc(-c2ccccc2)n1. The van der Waals surface area contributed by atoms with Gasteiger partial charge in [0.05, 0.1) is 13.1 Å². The standard InChI is InChI=1S/C19H16N4O2S/c24-18(20-12-15-8-5-11-26-15)16-9-4-10-23(16)13-17-21-19(25-22-17)14-6-2-1-3-7-14/h1-11H,12-13H2,(H,20,24). The zero-order valence-corrected chi connectivity index (χ0v) is 14.6. The van der Waals surface area contributed by atoms with Crippen molar-refractivity contribution >= 4 is 17.2 Å². The number of hydrogen-bond acceptors (Lipinski definition) is 5. The lowest BCUT2D eigenvalue weighted by molar-refractivity contribution is 0.0942. The normalized spacial score (nSPS) is 10.8. The quantitative estimate of drug-likeness (QED) is 0.568. The van der Waals surface area contributed by atoms with Gasteiger partial charge in [-0.05, 0) is 35.7 Å². The number of nitrogens with one attached hydrogen (secondary N) is 1. The third-order valence-corrected chi connectivity index (χ3v) is 4.74. The van der Waals surface area contributed by atoms with Crippen molar-refractivity contribution in [1.29, 1.82) is 0 Å². The molecule has 0 spiro atoms. The number of carbonyl (C=O) groups is 1. The molecule has 4 rings (SSSR count). The lowest BCUT2D eigenvalue weighted by Gasteiger charge is -2.07. The van der Waals surface area contributed by atoms with Crippen molar-refractivity contribution in [3.63, 3.8) is 0 Å². The minimum Gasteiger partial charge on any atom is -0.346 e. The average molecular weight is 364 g/mol. The highest BCUT2D eigenvalue weighted by Gasteiger charge is 2.14. The molecular formula is C19H16N4O2S. The van der Waals surface area contributed by atoms with Crippen LogP contribution < -0.4 is 5.32 Å². The van der Waals surface area contributed by atoms with Gasteiger partial charge in [-0.2, -0.15) is 4.98 Å². The third kappa shape index (κ3) is 3.57. The van der Waals surface area contributed by atoms with Gasteiger partial charge in [-0.25, -0.2) is 0 Å². The summed E-state index contributed by atoms with van der Waals surface area (Å²) in [5.41, 5.74) is 1.43. The molecule has 0 unspecified atom stereocenters. The topological polar surface area (TPSA) is 73.0 Å². The van der Waals surface area contributed by atoms with E-state index in [1.165, 1.54) is 0 Å². The van der Waals surface area contributed by atoms with Crippen LogP contribution in [-0.2, 0) is 13.1 Å². The molecule has 7 heteroatoms. The molecular weight excluding hydrogens is 348 g/mol. The monoisotopic (exact) mass is 364 g/mol. The van der Waals surface area contributed by atoms with Crippen molar-refractivity contribution < 1.29 is 9.32 Å². The predicted octanol–water partition coefficient (Wildman–Crippen LogP) is 3.58. The van der Waals surface area contributed by atoms with Gasteiger partial charge in [-0.1, -0.05) is 29.4 Å². The van der Waals surface area contributed by atoms with E-state index in [0.29, 0.717) is 30.5 Å². The lowest BCUT2D eigenvalue weighted by atomic mass is 10.2. The summed E-state index contributed by atoms with van der Waals surface area (Å²) >= 11 is 1.62. The second kappa shape index (κ2) is 7.37. The summed E-state index contributed by atoms with van der Waals surface area (Å²) in [4.78, 5) is 18.0. The van der Waals surface area contributed by atoms with E-state index in [9.17, 15) is 4.79 Å². The molecule has 1 aromatic carbocycles. The maximum atomic E-state index is 12.4. The molecule has 0 radical (unpaired) electrons. The summed E-state index contributed by atoms with van der Waals surface area (Å²) in [6.45, 7) is 0.882. The number of benzene rings is 1. The Kier molecular flexibility index (Phi) is 4.61. The molecule has 0 saturated heterocycles. The van der Waals surface area contributed by atoms with Crippen LogP contribution in [0.25, 0.3) is 11.5 Å². The third-order valence-electron chi connectivity index (χ3n) is 3.87. The Bertz CT molecular complexity index is 990. The summed E-state index contributed by atoms with van der Waals surface area (Å²) in [6, 6.07) is 17.2. The van der Waals surface area contributed by atoms with Crippen molar-refractivity contribution in [2.24, 2.45) is 0 Å². The van der Waals surface area contributed by atoms with Gasteiger partial charge in [-0.15, -0.1) is 11.3 Å². The molecule has 6 nitrogen and oxygen atoms in total. The zero-order chi connectivity index (χ0) is 17.8. The van der Waals surface area contributed by atoms with Crippen molar-refractivity contribution in [1.82, 2.24) is 20.0 Å². The molecule has 0 atom stereocenters. The molecule has 0 bridgehead atoms. The molecule has 0 aliphatic rings. The molecule has 0 saturated carbocycles. The second-order valence-corrected chi connectivity index (χ2v) is 6.70. The van der Waals surface area contributed by atoms with Crippen LogP contribution in [0.3, 0.4) is 0 Å². The molecule has 130 valence electrons. The number of thiophene rings is 1. The van der Waals surface area contributed by atoms with E-state index in [-0.39, 0.29) is 5.91 Å². The van der Waals surface area contributed by atoms with E-state index in [0.717, 1.165) is 10.4 Å². The molecule has 4 aromatic rings. The van der Waals surface area contributed by atoms with Gasteiger partial charge in [0.25, 0.3) is 11.8 Å². The molecule has 0 aliphatic carbocycles. The van der Waals surface area contributed by atoms with Gasteiger partial charge in [-0.3, -0.25) is 4.79 Å². The maximum absolute atomic E-state index is 12.4. The highest BCUT2D eigenvalue weighted by atomic mass is 32.1. The molecule has 3 aromatic heterocycles. The maximum Gasteiger partial charge on any atom is 0.268 e. The van der Waals surface area contributed by atoms with Crippen molar-refractivity contribution in [3.8, 4) is 11.5 Å². The van der Waals surface area contributed by atoms with Crippen LogP contribution in [0.5, 0.6) is 0 Å². The predicted molar refractivity (Wildman–Crippen MR) is 98.8 cm³/mol. The summed E-state index contributed by atoms with van der Waals surface area (Å²) in [5.74, 6) is 0.860. The van der Waals surface area contributed by atoms with Crippen LogP contribution in [0, 0.1) is 0 Å². The van der Waals surface area contributed by atoms with Gasteiger partial charge in [0, 0.05) is 16.6 Å². The number of aromatic nitrogens is 3. The van der Waals surface area contributed by atoms with E-state index in [1.807, 2.05) is 64.7 Å². The Morgan fingerprint density at radius 1 is 1.12 bits per heavy atom. The Balaban J connectivity index is 1.45. The molecule has 26 heavy (non-hydrogen) atoms. The van der Waals surface area contributed by atoms with E-state index >= 15 is 0 Å². The number of carbonyl (C=O) groups excluding carboxylic acids is 1. The minimum atomic E-state index is -0.129. The summed E-state index contributed by atoms with van der Waals surface area (Å²) in [7, 11) is 0. The Morgan fingerprint density at radius 2 is 2.00 bits per heavy atom. The van der Waals surface area contributed by atoms with Crippen molar-refractivity contribution in [2.45, 2.75) is 13.1 Å². The highest BCUT2D eigenvalue weighted by Crippen LogP contribution is 2.17. The van der Waals surface area contributed by atoms with Crippen LogP contribution >= 0.6 is 11.3 Å². The molecule has 1 amide bonds. The highest BCUT2D eigenvalue weighted by molar-refractivity contribution is 7.09. The molecule has 3 heterocycles. The first kappa shape index (κ1) is 16.3. The number of nitrogens with zero attached hydrogens (tertiary/aromatic N) is 3. The first-order valence-electron chi connectivity index (χ1n) is 8.13. The molecule has 1 N–H and O–H groups in total. The second-order valence-electron chi connectivity index (χ2n) is 5.67. The number of amides is 1. The zero-order valence-electron chi connectivity index (χ0n) is 13.8. The smallest absolute Gasteiger partial charge is 0.268 e. The van der Waals surface area contributed by atoms with E-state index in [1.54, 1.807) is 17.4 Å². The first-order chi connectivity index (χ1) is 12.8. The van der Waals surface area contributed by atoms with Crippen LogP contribution in [0.1, 0.15) is 21.2 Å². The van der Waals surface area contributed by atoms with Crippen LogP contribution in [0.4, 0.5) is 0 Å². The Morgan fingerprint density at radius 3 is 2.81 bits per heavy atom. The van der Waals surface area contributed by atoms with Gasteiger partial charge in [0.2, 0.25) is 0 Å². The minimum absolute atomic E-state index is 0.129. The fourth-order valence-corrected chi connectivity index (χ4v) is 3.24. The summed E-state index contributed by atoms with van der Waals surface area (Å²) < 4.78 is 7.13. The van der Waals surface area contributed by atoms with Crippen LogP contribution in [-0.4, -0.2) is 20.6 Å². The van der Waals surface area contributed by atoms with Gasteiger partial charge >= 0.3 is 0 Å². The van der Waals surface area contributed by atoms with Crippen LogP contribution in [0.2, 0.25) is 0 Å². The van der Waals surface area contributed by atoms with Crippen molar-refractivity contribution in [3.05, 3.63) is 82.6 Å². The average Bonchev–Trinajstić information content (AvgIpc) is 3.43. The van der Waals surface area contributed by atoms with Gasteiger partial charge in [0.1, 0.15) is 5.69 Å². The van der Waals surface area contributed by atoms with E-state index in [2.05, 4.69) is 15.5 Å². The molecule has 0 fully saturated rings. The van der Waals surface area contributed by atoms with E-state index in [4.69, 9.17) is 4.52 Å². The number of hydrogen-bond donors (Lipinski definition) is 1. The first-order valence-corrected chi connectivity index (χ1v) is 9.01. The fourth-order valence-electron chi connectivity index (χ4n) is 2.60. The van der Waals surface area contributed by atoms with Gasteiger partial charge < -0.3 is 14.4 Å². The summed E-state index contributed by atoms with van der Waals surface area (Å²) in [5, 5.41) is 8.94. The van der Waals surface area contributed by atoms with E-state index < -0.39 is 0 Å². The van der Waals surface area contributed by atoms with Crippen molar-refractivity contribution in [2.75, 3.05) is 0 Å². The number of rotatable bonds is 6. The van der Waals surface area contributed by atoms with Crippen LogP contribution in [0.15, 0.2) is 70.7 Å². The largest absolute Gasteiger partial charge is 0.346 e. The molecule has 0 aliphatic heterocycles. The Hall–Kier alpha value is -3.19. The lowest BCUT2D eigenvalue weighted by Crippen LogP contribution is -2.25. The summed E-state index contributed by atoms with van der Waals surface area (Å²) in [6.07, 6.45) is 1.83. The fraction of sp³-hybridized carbons (Fsp3) is 0.105. The van der Waals surface area contributed by atoms with Gasteiger partial charge in [0.15, 0.2) is 5.82 Å².